The molecule has 2 aliphatic rings. The molecule has 2 N–H and O–H groups in total. The van der Waals surface area contributed by atoms with E-state index in [-0.39, 0.29) is 16.9 Å². The van der Waals surface area contributed by atoms with Gasteiger partial charge >= 0.3 is 0 Å². The summed E-state index contributed by atoms with van der Waals surface area (Å²) in [6.45, 7) is 13.2. The predicted molar refractivity (Wildman–Crippen MR) is 92.6 cm³/mol. The van der Waals surface area contributed by atoms with Crippen molar-refractivity contribution in [2.45, 2.75) is 91.8 Å². The Kier molecular flexibility index (Phi) is 4.86. The van der Waals surface area contributed by atoms with Crippen molar-refractivity contribution >= 4 is 0 Å². The lowest BCUT2D eigenvalue weighted by Gasteiger charge is -2.60. The molecule has 2 aliphatic carbocycles. The van der Waals surface area contributed by atoms with Gasteiger partial charge in [-0.3, -0.25) is 0 Å². The zero-order valence-electron chi connectivity index (χ0n) is 15.4. The van der Waals surface area contributed by atoms with Gasteiger partial charge in [-0.2, -0.15) is 0 Å². The number of rotatable bonds is 4. The first kappa shape index (κ1) is 18.0. The summed E-state index contributed by atoms with van der Waals surface area (Å²) in [6, 6.07) is 0. The van der Waals surface area contributed by atoms with Crippen molar-refractivity contribution in [1.82, 2.24) is 0 Å². The minimum atomic E-state index is -0.561. The molecule has 0 unspecified atom stereocenters. The van der Waals surface area contributed by atoms with Gasteiger partial charge in [0.25, 0.3) is 0 Å². The van der Waals surface area contributed by atoms with Crippen LogP contribution in [0.25, 0.3) is 0 Å². The second kappa shape index (κ2) is 5.94. The van der Waals surface area contributed by atoms with E-state index in [1.165, 1.54) is 12.0 Å². The third-order valence-electron chi connectivity index (χ3n) is 7.63. The summed E-state index contributed by atoms with van der Waals surface area (Å²) in [4.78, 5) is 0. The number of fused-ring (bicyclic) bond motifs is 1. The fraction of sp³-hybridized carbons (Fsp3) is 0.900. The Morgan fingerprint density at radius 3 is 2.59 bits per heavy atom. The molecule has 0 heterocycles. The van der Waals surface area contributed by atoms with Crippen LogP contribution in [0.1, 0.15) is 80.1 Å². The van der Waals surface area contributed by atoms with Crippen LogP contribution in [0.3, 0.4) is 0 Å². The first-order valence-electron chi connectivity index (χ1n) is 9.15. The van der Waals surface area contributed by atoms with Crippen LogP contribution in [0, 0.1) is 22.7 Å². The molecule has 0 aromatic heterocycles. The zero-order chi connectivity index (χ0) is 16.8. The lowest BCUT2D eigenvalue weighted by molar-refractivity contribution is -0.130. The summed E-state index contributed by atoms with van der Waals surface area (Å²) >= 11 is 0. The molecular weight excluding hydrogens is 272 g/mol. The largest absolute Gasteiger partial charge is 0.392 e. The SMILES string of the molecule is CC[C@](C)(O)CC[C@@]1(C)[C@@H](C)C[C@H](O)[C@]2(C)C(C)=CCC[C@@H]12. The van der Waals surface area contributed by atoms with Gasteiger partial charge in [-0.05, 0) is 69.6 Å². The van der Waals surface area contributed by atoms with E-state index >= 15 is 0 Å². The minimum absolute atomic E-state index is 0.0857. The van der Waals surface area contributed by atoms with Crippen molar-refractivity contribution in [3.63, 3.8) is 0 Å². The molecule has 6 atom stereocenters. The van der Waals surface area contributed by atoms with Gasteiger partial charge in [0.2, 0.25) is 0 Å². The lowest BCUT2D eigenvalue weighted by atomic mass is 9.46. The molecule has 2 heteroatoms. The maximum Gasteiger partial charge on any atom is 0.0636 e. The van der Waals surface area contributed by atoms with Gasteiger partial charge in [-0.1, -0.05) is 39.3 Å². The van der Waals surface area contributed by atoms with E-state index in [9.17, 15) is 10.2 Å². The Morgan fingerprint density at radius 1 is 1.36 bits per heavy atom. The Balaban J connectivity index is 2.31. The standard InChI is InChI=1S/C20H36O2/c1-7-18(4,22)11-12-19(5)15(3)13-17(21)20(6)14(2)9-8-10-16(19)20/h9,15-17,21-22H,7-8,10-13H2,1-6H3/t15-,16-,17-,18-,19-,20+/m0/s1. The highest BCUT2D eigenvalue weighted by atomic mass is 16.3. The van der Waals surface area contributed by atoms with Crippen LogP contribution in [-0.2, 0) is 0 Å². The Bertz CT molecular complexity index is 439. The molecule has 0 spiro atoms. The first-order chi connectivity index (χ1) is 10.1. The Hall–Kier alpha value is -0.340. The summed E-state index contributed by atoms with van der Waals surface area (Å²) < 4.78 is 0. The Morgan fingerprint density at radius 2 is 2.00 bits per heavy atom. The fourth-order valence-electron chi connectivity index (χ4n) is 5.10. The highest BCUT2D eigenvalue weighted by Crippen LogP contribution is 2.62. The molecule has 0 aromatic carbocycles. The fourth-order valence-corrected chi connectivity index (χ4v) is 5.10. The highest BCUT2D eigenvalue weighted by Gasteiger charge is 2.57. The van der Waals surface area contributed by atoms with Crippen molar-refractivity contribution < 1.29 is 10.2 Å². The first-order valence-corrected chi connectivity index (χ1v) is 9.15. The van der Waals surface area contributed by atoms with Crippen LogP contribution in [0.15, 0.2) is 11.6 Å². The molecule has 0 amide bonds. The average molecular weight is 309 g/mol. The zero-order valence-corrected chi connectivity index (χ0v) is 15.4. The maximum atomic E-state index is 10.8. The van der Waals surface area contributed by atoms with Crippen molar-refractivity contribution in [3.8, 4) is 0 Å². The molecule has 2 rings (SSSR count). The van der Waals surface area contributed by atoms with Gasteiger partial charge in [0.1, 0.15) is 0 Å². The van der Waals surface area contributed by atoms with Gasteiger partial charge in [0.05, 0.1) is 11.7 Å². The summed E-state index contributed by atoms with van der Waals surface area (Å²) in [5.74, 6) is 1.01. The molecule has 128 valence electrons. The van der Waals surface area contributed by atoms with Crippen LogP contribution in [-0.4, -0.2) is 21.9 Å². The molecule has 1 fully saturated rings. The summed E-state index contributed by atoms with van der Waals surface area (Å²) in [7, 11) is 0. The molecule has 0 bridgehead atoms. The second-order valence-corrected chi connectivity index (χ2v) is 8.81. The summed E-state index contributed by atoms with van der Waals surface area (Å²) in [5, 5.41) is 21.3. The van der Waals surface area contributed by atoms with E-state index in [1.54, 1.807) is 0 Å². The minimum Gasteiger partial charge on any atom is -0.392 e. The van der Waals surface area contributed by atoms with Crippen LogP contribution in [0.4, 0.5) is 0 Å². The van der Waals surface area contributed by atoms with Gasteiger partial charge in [0.15, 0.2) is 0 Å². The molecule has 0 aliphatic heterocycles. The van der Waals surface area contributed by atoms with Crippen LogP contribution >= 0.6 is 0 Å². The normalized spacial score (nSPS) is 44.9. The number of hydrogen-bond acceptors (Lipinski definition) is 2. The second-order valence-electron chi connectivity index (χ2n) is 8.81. The average Bonchev–Trinajstić information content (AvgIpc) is 2.46. The van der Waals surface area contributed by atoms with E-state index in [4.69, 9.17) is 0 Å². The third kappa shape index (κ3) is 2.78. The summed E-state index contributed by atoms with van der Waals surface area (Å²) in [6.07, 6.45) is 7.99. The van der Waals surface area contributed by atoms with Crippen molar-refractivity contribution in [1.29, 1.82) is 0 Å². The number of aliphatic hydroxyl groups excluding tert-OH is 1. The van der Waals surface area contributed by atoms with Crippen LogP contribution in [0.2, 0.25) is 0 Å². The van der Waals surface area contributed by atoms with Crippen LogP contribution in [0.5, 0.6) is 0 Å². The molecule has 2 nitrogen and oxygen atoms in total. The molecule has 1 saturated carbocycles. The van der Waals surface area contributed by atoms with Crippen molar-refractivity contribution in [3.05, 3.63) is 11.6 Å². The smallest absolute Gasteiger partial charge is 0.0636 e. The topological polar surface area (TPSA) is 40.5 Å². The van der Waals surface area contributed by atoms with E-state index in [0.717, 1.165) is 32.1 Å². The van der Waals surface area contributed by atoms with E-state index in [1.807, 2.05) is 6.92 Å². The van der Waals surface area contributed by atoms with Crippen LogP contribution < -0.4 is 0 Å². The van der Waals surface area contributed by atoms with E-state index < -0.39 is 5.60 Å². The van der Waals surface area contributed by atoms with Crippen molar-refractivity contribution in [2.75, 3.05) is 0 Å². The predicted octanol–water partition coefficient (Wildman–Crippen LogP) is 4.70. The summed E-state index contributed by atoms with van der Waals surface area (Å²) in [5.41, 5.74) is 0.922. The van der Waals surface area contributed by atoms with Gasteiger partial charge in [-0.15, -0.1) is 0 Å². The van der Waals surface area contributed by atoms with Gasteiger partial charge in [-0.25, -0.2) is 0 Å². The molecule has 0 saturated heterocycles. The van der Waals surface area contributed by atoms with E-state index in [0.29, 0.717) is 11.8 Å². The van der Waals surface area contributed by atoms with E-state index in [2.05, 4.69) is 40.7 Å². The monoisotopic (exact) mass is 308 g/mol. The lowest BCUT2D eigenvalue weighted by Crippen LogP contribution is -2.56. The number of hydrogen-bond donors (Lipinski definition) is 2. The molecule has 0 radical (unpaired) electrons. The quantitative estimate of drug-likeness (QED) is 0.739. The number of aliphatic hydroxyl groups is 2. The molecule has 22 heavy (non-hydrogen) atoms. The highest BCUT2D eigenvalue weighted by molar-refractivity contribution is 5.23. The van der Waals surface area contributed by atoms with Gasteiger partial charge in [0, 0.05) is 5.41 Å². The maximum absolute atomic E-state index is 10.8. The van der Waals surface area contributed by atoms with Gasteiger partial charge < -0.3 is 10.2 Å². The molecule has 0 aromatic rings. The van der Waals surface area contributed by atoms with Crippen molar-refractivity contribution in [2.24, 2.45) is 22.7 Å². The third-order valence-corrected chi connectivity index (χ3v) is 7.63. The number of allylic oxidation sites excluding steroid dienone is 1. The Labute approximate surface area is 137 Å². The molecular formula is C20H36O2.